The lowest BCUT2D eigenvalue weighted by molar-refractivity contribution is -0.116. The number of benzene rings is 2. The van der Waals surface area contributed by atoms with Gasteiger partial charge in [-0.05, 0) is 36.8 Å². The number of carbonyl (C=O) groups is 1. The third kappa shape index (κ3) is 2.60. The first kappa shape index (κ1) is 14.6. The number of hydrogen-bond acceptors (Lipinski definition) is 3. The van der Waals surface area contributed by atoms with E-state index in [1.165, 1.54) is 0 Å². The molecule has 5 heteroatoms. The fraction of sp³-hybridized carbons (Fsp3) is 0.111. The number of thiazole rings is 1. The Balaban J connectivity index is 1.70. The number of carbonyl (C=O) groups excluding carboxylic acids is 1. The number of anilines is 1. The minimum absolute atomic E-state index is 0.0611. The van der Waals surface area contributed by atoms with E-state index in [0.717, 1.165) is 37.6 Å². The summed E-state index contributed by atoms with van der Waals surface area (Å²) in [6.07, 6.45) is 0. The Kier molecular flexibility index (Phi) is 3.54. The van der Waals surface area contributed by atoms with Crippen molar-refractivity contribution in [1.82, 2.24) is 4.98 Å². The maximum atomic E-state index is 11.8. The van der Waals surface area contributed by atoms with Gasteiger partial charge in [-0.15, -0.1) is 11.3 Å². The molecule has 1 aliphatic heterocycles. The molecule has 3 nitrogen and oxygen atoms in total. The largest absolute Gasteiger partial charge is 0.325 e. The molecule has 2 aromatic carbocycles. The van der Waals surface area contributed by atoms with Gasteiger partial charge in [-0.1, -0.05) is 34.1 Å². The molecule has 2 heterocycles. The molecule has 1 aromatic heterocycles. The summed E-state index contributed by atoms with van der Waals surface area (Å²) in [4.78, 5) is 16.5. The molecule has 0 saturated carbocycles. The van der Waals surface area contributed by atoms with Gasteiger partial charge in [0.25, 0.3) is 0 Å². The summed E-state index contributed by atoms with van der Waals surface area (Å²) < 4.78 is 1.06. The Labute approximate surface area is 146 Å². The van der Waals surface area contributed by atoms with Crippen molar-refractivity contribution in [3.05, 3.63) is 57.9 Å². The highest BCUT2D eigenvalue weighted by atomic mass is 79.9. The average Bonchev–Trinajstić information content (AvgIpc) is 3.14. The number of amides is 1. The highest BCUT2D eigenvalue weighted by molar-refractivity contribution is 9.10. The number of hydrogen-bond donors (Lipinski definition) is 1. The normalized spacial score (nSPS) is 16.3. The van der Waals surface area contributed by atoms with E-state index >= 15 is 0 Å². The summed E-state index contributed by atoms with van der Waals surface area (Å²) in [5, 5.41) is 5.96. The number of halogens is 1. The molecule has 0 spiro atoms. The second kappa shape index (κ2) is 5.58. The first-order chi connectivity index (χ1) is 11.1. The summed E-state index contributed by atoms with van der Waals surface area (Å²) in [7, 11) is 0. The van der Waals surface area contributed by atoms with E-state index in [-0.39, 0.29) is 11.8 Å². The van der Waals surface area contributed by atoms with E-state index in [1.54, 1.807) is 11.3 Å². The third-order valence-corrected chi connectivity index (χ3v) is 5.48. The van der Waals surface area contributed by atoms with E-state index in [9.17, 15) is 4.79 Å². The van der Waals surface area contributed by atoms with Gasteiger partial charge in [-0.25, -0.2) is 4.98 Å². The van der Waals surface area contributed by atoms with Crippen LogP contribution in [0.1, 0.15) is 18.4 Å². The van der Waals surface area contributed by atoms with Gasteiger partial charge in [0.2, 0.25) is 5.91 Å². The van der Waals surface area contributed by atoms with Gasteiger partial charge in [0.15, 0.2) is 0 Å². The van der Waals surface area contributed by atoms with Crippen molar-refractivity contribution in [2.75, 3.05) is 5.32 Å². The fourth-order valence-electron chi connectivity index (χ4n) is 2.71. The van der Waals surface area contributed by atoms with Crippen LogP contribution in [-0.4, -0.2) is 10.9 Å². The van der Waals surface area contributed by atoms with Crippen LogP contribution in [0.2, 0.25) is 0 Å². The topological polar surface area (TPSA) is 42.0 Å². The maximum absolute atomic E-state index is 11.8. The van der Waals surface area contributed by atoms with E-state index in [1.807, 2.05) is 31.2 Å². The van der Waals surface area contributed by atoms with E-state index in [0.29, 0.717) is 0 Å². The van der Waals surface area contributed by atoms with Gasteiger partial charge in [-0.2, -0.15) is 0 Å². The van der Waals surface area contributed by atoms with Gasteiger partial charge in [0.05, 0.1) is 11.6 Å². The number of rotatable bonds is 2. The zero-order valence-corrected chi connectivity index (χ0v) is 14.7. The first-order valence-corrected chi connectivity index (χ1v) is 8.96. The third-order valence-electron chi connectivity index (χ3n) is 4.06. The lowest BCUT2D eigenvalue weighted by Gasteiger charge is -2.04. The van der Waals surface area contributed by atoms with Crippen molar-refractivity contribution in [1.29, 1.82) is 0 Å². The number of fused-ring (bicyclic) bond motifs is 1. The first-order valence-electron chi connectivity index (χ1n) is 7.28. The van der Waals surface area contributed by atoms with E-state index in [2.05, 4.69) is 44.8 Å². The fourth-order valence-corrected chi connectivity index (χ4v) is 3.81. The molecule has 0 radical (unpaired) electrons. The van der Waals surface area contributed by atoms with Crippen molar-refractivity contribution in [2.45, 2.75) is 12.8 Å². The molecular weight excluding hydrogens is 372 g/mol. The molecule has 1 amide bonds. The minimum atomic E-state index is -0.102. The van der Waals surface area contributed by atoms with Crippen LogP contribution in [0.5, 0.6) is 0 Å². The van der Waals surface area contributed by atoms with Crippen LogP contribution in [0.25, 0.3) is 21.8 Å². The highest BCUT2D eigenvalue weighted by Gasteiger charge is 2.26. The smallest absolute Gasteiger partial charge is 0.231 e. The molecule has 1 N–H and O–H groups in total. The van der Waals surface area contributed by atoms with Crippen molar-refractivity contribution < 1.29 is 4.79 Å². The van der Waals surface area contributed by atoms with Gasteiger partial charge in [0.1, 0.15) is 5.01 Å². The Morgan fingerprint density at radius 1 is 1.13 bits per heavy atom. The van der Waals surface area contributed by atoms with Crippen LogP contribution in [0, 0.1) is 0 Å². The monoisotopic (exact) mass is 384 g/mol. The zero-order chi connectivity index (χ0) is 16.0. The van der Waals surface area contributed by atoms with E-state index in [4.69, 9.17) is 4.98 Å². The molecular formula is C18H13BrN2OS. The minimum Gasteiger partial charge on any atom is -0.325 e. The van der Waals surface area contributed by atoms with Crippen LogP contribution in [0.4, 0.5) is 5.69 Å². The summed E-state index contributed by atoms with van der Waals surface area (Å²) in [6, 6.07) is 14.2. The predicted molar refractivity (Wildman–Crippen MR) is 97.7 cm³/mol. The van der Waals surface area contributed by atoms with Crippen LogP contribution >= 0.6 is 27.3 Å². The van der Waals surface area contributed by atoms with Crippen LogP contribution < -0.4 is 5.32 Å². The van der Waals surface area contributed by atoms with Crippen molar-refractivity contribution in [2.24, 2.45) is 0 Å². The number of nitrogens with zero attached hydrogens (tertiary/aromatic N) is 1. The predicted octanol–water partition coefficient (Wildman–Crippen LogP) is 5.30. The SMILES string of the molecule is C[C@H]1C(=O)Nc2ccc(-c3csc(-c4ccc(Br)cc4)n3)cc21. The van der Waals surface area contributed by atoms with Crippen molar-refractivity contribution >= 4 is 38.9 Å². The summed E-state index contributed by atoms with van der Waals surface area (Å²) >= 11 is 5.08. The second-order valence-corrected chi connectivity index (χ2v) is 7.33. The summed E-state index contributed by atoms with van der Waals surface area (Å²) in [5.74, 6) is -0.0412. The highest BCUT2D eigenvalue weighted by Crippen LogP contribution is 2.36. The molecule has 23 heavy (non-hydrogen) atoms. The second-order valence-electron chi connectivity index (χ2n) is 5.56. The van der Waals surface area contributed by atoms with Gasteiger partial charge < -0.3 is 5.32 Å². The van der Waals surface area contributed by atoms with E-state index < -0.39 is 0 Å². The van der Waals surface area contributed by atoms with Gasteiger partial charge in [-0.3, -0.25) is 4.79 Å². The average molecular weight is 385 g/mol. The quantitative estimate of drug-likeness (QED) is 0.651. The molecule has 3 aromatic rings. The summed E-state index contributed by atoms with van der Waals surface area (Å²) in [6.45, 7) is 1.93. The molecule has 114 valence electrons. The molecule has 0 aliphatic carbocycles. The number of nitrogens with one attached hydrogen (secondary N) is 1. The van der Waals surface area contributed by atoms with Gasteiger partial charge in [0, 0.05) is 26.7 Å². The molecule has 1 atom stereocenters. The molecule has 1 aliphatic rings. The Hall–Kier alpha value is -1.98. The maximum Gasteiger partial charge on any atom is 0.231 e. The summed E-state index contributed by atoms with van der Waals surface area (Å²) in [5.41, 5.74) is 5.06. The van der Waals surface area contributed by atoms with Crippen LogP contribution in [0.15, 0.2) is 52.3 Å². The molecule has 0 bridgehead atoms. The molecule has 0 fully saturated rings. The standard InChI is InChI=1S/C18H13BrN2OS/c1-10-14-8-12(4-7-15(14)20-17(10)22)16-9-23-18(21-16)11-2-5-13(19)6-3-11/h2-10H,1H3,(H,20,22)/t10-/m1/s1. The number of aromatic nitrogens is 1. The van der Waals surface area contributed by atoms with Crippen molar-refractivity contribution in [3.8, 4) is 21.8 Å². The van der Waals surface area contributed by atoms with Crippen molar-refractivity contribution in [3.63, 3.8) is 0 Å². The zero-order valence-electron chi connectivity index (χ0n) is 12.3. The van der Waals surface area contributed by atoms with Crippen LogP contribution in [0.3, 0.4) is 0 Å². The van der Waals surface area contributed by atoms with Crippen LogP contribution in [-0.2, 0) is 4.79 Å². The Bertz CT molecular complexity index is 902. The Morgan fingerprint density at radius 2 is 1.87 bits per heavy atom. The molecule has 4 rings (SSSR count). The Morgan fingerprint density at radius 3 is 2.65 bits per heavy atom. The molecule has 0 unspecified atom stereocenters. The van der Waals surface area contributed by atoms with Gasteiger partial charge >= 0.3 is 0 Å². The lowest BCUT2D eigenvalue weighted by atomic mass is 9.99. The molecule has 0 saturated heterocycles. The lowest BCUT2D eigenvalue weighted by Crippen LogP contribution is -2.08.